The number of hydrogen-bond acceptors (Lipinski definition) is 3. The van der Waals surface area contributed by atoms with Gasteiger partial charge in [-0.25, -0.2) is 0 Å². The number of benzene rings is 1. The number of aliphatic hydroxyl groups excluding tert-OH is 2. The first-order valence-electron chi connectivity index (χ1n) is 8.28. The Morgan fingerprint density at radius 3 is 2.36 bits per heavy atom. The predicted molar refractivity (Wildman–Crippen MR) is 85.5 cm³/mol. The van der Waals surface area contributed by atoms with Crippen LogP contribution < -0.4 is 0 Å². The SMILES string of the molecule is CC(C)C12CCC(C)(C(C(=O)c3ccccc3)C1)C(O)C2O. The van der Waals surface area contributed by atoms with Crippen molar-refractivity contribution >= 4 is 5.78 Å². The Bertz CT molecular complexity index is 567. The molecule has 0 saturated heterocycles. The fourth-order valence-electron chi connectivity index (χ4n) is 4.75. The maximum absolute atomic E-state index is 13.0. The van der Waals surface area contributed by atoms with E-state index < -0.39 is 17.6 Å². The molecule has 0 heterocycles. The van der Waals surface area contributed by atoms with Crippen molar-refractivity contribution in [2.75, 3.05) is 0 Å². The van der Waals surface area contributed by atoms with Gasteiger partial charge >= 0.3 is 0 Å². The number of rotatable bonds is 3. The first-order valence-corrected chi connectivity index (χ1v) is 8.28. The topological polar surface area (TPSA) is 57.5 Å². The zero-order chi connectivity index (χ0) is 16.1. The van der Waals surface area contributed by atoms with Crippen molar-refractivity contribution in [3.05, 3.63) is 35.9 Å². The number of ketones is 1. The Morgan fingerprint density at radius 2 is 1.77 bits per heavy atom. The van der Waals surface area contributed by atoms with Gasteiger partial charge in [0.15, 0.2) is 5.78 Å². The summed E-state index contributed by atoms with van der Waals surface area (Å²) >= 11 is 0. The van der Waals surface area contributed by atoms with Gasteiger partial charge in [0.05, 0.1) is 12.2 Å². The van der Waals surface area contributed by atoms with Gasteiger partial charge in [-0.05, 0) is 25.2 Å². The van der Waals surface area contributed by atoms with E-state index in [-0.39, 0.29) is 23.0 Å². The van der Waals surface area contributed by atoms with Crippen LogP contribution >= 0.6 is 0 Å². The number of aliphatic hydroxyl groups is 2. The highest BCUT2D eigenvalue weighted by atomic mass is 16.3. The number of carbonyl (C=O) groups excluding carboxylic acids is 1. The summed E-state index contributed by atoms with van der Waals surface area (Å²) in [6, 6.07) is 9.34. The van der Waals surface area contributed by atoms with E-state index in [4.69, 9.17) is 0 Å². The van der Waals surface area contributed by atoms with E-state index in [2.05, 4.69) is 13.8 Å². The lowest BCUT2D eigenvalue weighted by Crippen LogP contribution is -2.66. The first-order chi connectivity index (χ1) is 10.3. The van der Waals surface area contributed by atoms with Crippen LogP contribution in [0.3, 0.4) is 0 Å². The minimum Gasteiger partial charge on any atom is -0.390 e. The molecule has 0 spiro atoms. The third-order valence-corrected chi connectivity index (χ3v) is 6.60. The van der Waals surface area contributed by atoms with Gasteiger partial charge in [-0.15, -0.1) is 0 Å². The maximum atomic E-state index is 13.0. The third kappa shape index (κ3) is 1.99. The van der Waals surface area contributed by atoms with Crippen LogP contribution in [0, 0.1) is 22.7 Å². The van der Waals surface area contributed by atoms with Gasteiger partial charge in [0.1, 0.15) is 0 Å². The minimum absolute atomic E-state index is 0.110. The van der Waals surface area contributed by atoms with Gasteiger partial charge in [-0.2, -0.15) is 0 Å². The van der Waals surface area contributed by atoms with Crippen molar-refractivity contribution in [3.8, 4) is 0 Å². The molecule has 2 bridgehead atoms. The molecule has 0 aliphatic heterocycles. The molecule has 1 aromatic carbocycles. The summed E-state index contributed by atoms with van der Waals surface area (Å²) in [5.41, 5.74) is -0.156. The van der Waals surface area contributed by atoms with Crippen molar-refractivity contribution < 1.29 is 15.0 Å². The summed E-state index contributed by atoms with van der Waals surface area (Å²) in [6.07, 6.45) is 0.804. The van der Waals surface area contributed by atoms with Crippen LogP contribution in [-0.4, -0.2) is 28.2 Å². The minimum atomic E-state index is -0.824. The molecule has 0 amide bonds. The van der Waals surface area contributed by atoms with Gasteiger partial charge in [-0.1, -0.05) is 51.1 Å². The molecule has 3 heteroatoms. The van der Waals surface area contributed by atoms with Gasteiger partial charge in [0.25, 0.3) is 0 Å². The second-order valence-electron chi connectivity index (χ2n) is 7.77. The number of hydrogen-bond donors (Lipinski definition) is 2. The third-order valence-electron chi connectivity index (χ3n) is 6.60. The van der Waals surface area contributed by atoms with E-state index in [9.17, 15) is 15.0 Å². The molecule has 3 aliphatic carbocycles. The van der Waals surface area contributed by atoms with E-state index in [1.54, 1.807) is 0 Å². The van der Waals surface area contributed by atoms with Crippen molar-refractivity contribution in [1.29, 1.82) is 0 Å². The van der Waals surface area contributed by atoms with E-state index in [0.29, 0.717) is 12.0 Å². The lowest BCUT2D eigenvalue weighted by Gasteiger charge is -2.62. The fraction of sp³-hybridized carbons (Fsp3) is 0.632. The summed E-state index contributed by atoms with van der Waals surface area (Å²) in [5, 5.41) is 21.4. The molecule has 3 fully saturated rings. The number of carbonyl (C=O) groups is 1. The van der Waals surface area contributed by atoms with Crippen LogP contribution in [-0.2, 0) is 0 Å². The zero-order valence-electron chi connectivity index (χ0n) is 13.6. The largest absolute Gasteiger partial charge is 0.390 e. The molecule has 3 nitrogen and oxygen atoms in total. The van der Waals surface area contributed by atoms with Crippen molar-refractivity contribution in [2.45, 2.75) is 52.2 Å². The summed E-state index contributed by atoms with van der Waals surface area (Å²) in [4.78, 5) is 13.0. The molecule has 22 heavy (non-hydrogen) atoms. The monoisotopic (exact) mass is 302 g/mol. The van der Waals surface area contributed by atoms with E-state index in [1.807, 2.05) is 37.3 Å². The molecular formula is C19H26O3. The van der Waals surface area contributed by atoms with Crippen LogP contribution in [0.15, 0.2) is 30.3 Å². The van der Waals surface area contributed by atoms with Crippen molar-refractivity contribution in [2.24, 2.45) is 22.7 Å². The molecule has 3 saturated carbocycles. The normalized spacial score (nSPS) is 40.9. The smallest absolute Gasteiger partial charge is 0.166 e. The Labute approximate surface area is 132 Å². The Hall–Kier alpha value is -1.19. The van der Waals surface area contributed by atoms with Crippen molar-refractivity contribution in [1.82, 2.24) is 0 Å². The predicted octanol–water partition coefficient (Wildman–Crippen LogP) is 3.05. The maximum Gasteiger partial charge on any atom is 0.166 e. The van der Waals surface area contributed by atoms with E-state index >= 15 is 0 Å². The van der Waals surface area contributed by atoms with Crippen LogP contribution in [0.5, 0.6) is 0 Å². The number of Topliss-reactive ketones (excluding diaryl/α,β-unsaturated/α-hetero) is 1. The van der Waals surface area contributed by atoms with Crippen LogP contribution in [0.25, 0.3) is 0 Å². The highest BCUT2D eigenvalue weighted by molar-refractivity contribution is 5.98. The molecule has 4 rings (SSSR count). The number of fused-ring (bicyclic) bond motifs is 3. The highest BCUT2D eigenvalue weighted by Crippen LogP contribution is 2.62. The Morgan fingerprint density at radius 1 is 1.14 bits per heavy atom. The van der Waals surface area contributed by atoms with Gasteiger partial charge in [0.2, 0.25) is 0 Å². The molecule has 120 valence electrons. The molecule has 5 atom stereocenters. The van der Waals surface area contributed by atoms with Crippen LogP contribution in [0.2, 0.25) is 0 Å². The lowest BCUT2D eigenvalue weighted by molar-refractivity contribution is -0.225. The molecule has 0 radical (unpaired) electrons. The molecule has 5 unspecified atom stereocenters. The molecule has 1 aromatic rings. The van der Waals surface area contributed by atoms with Gasteiger partial charge < -0.3 is 10.2 Å². The first kappa shape index (κ1) is 15.7. The standard InChI is InChI=1S/C19H26O3/c1-12(2)19-10-9-18(3,16(21)17(19)22)14(11-19)15(20)13-7-5-4-6-8-13/h4-8,12,14,16-17,21-22H,9-11H2,1-3H3. The highest BCUT2D eigenvalue weighted by Gasteiger charge is 2.64. The van der Waals surface area contributed by atoms with Gasteiger partial charge in [0, 0.05) is 22.3 Å². The van der Waals surface area contributed by atoms with Crippen LogP contribution in [0.1, 0.15) is 50.4 Å². The van der Waals surface area contributed by atoms with E-state index in [1.165, 1.54) is 0 Å². The average molecular weight is 302 g/mol. The van der Waals surface area contributed by atoms with Gasteiger partial charge in [-0.3, -0.25) is 4.79 Å². The second kappa shape index (κ2) is 5.17. The Kier molecular flexibility index (Phi) is 3.69. The zero-order valence-corrected chi connectivity index (χ0v) is 13.6. The summed E-state index contributed by atoms with van der Waals surface area (Å²) < 4.78 is 0. The lowest BCUT2D eigenvalue weighted by atomic mass is 9.44. The van der Waals surface area contributed by atoms with Crippen molar-refractivity contribution in [3.63, 3.8) is 0 Å². The summed E-state index contributed by atoms with van der Waals surface area (Å²) in [6.45, 7) is 6.15. The second-order valence-corrected chi connectivity index (χ2v) is 7.77. The average Bonchev–Trinajstić information content (AvgIpc) is 2.52. The van der Waals surface area contributed by atoms with Crippen LogP contribution in [0.4, 0.5) is 0 Å². The van der Waals surface area contributed by atoms with E-state index in [0.717, 1.165) is 12.8 Å². The quantitative estimate of drug-likeness (QED) is 0.844. The molecule has 2 N–H and O–H groups in total. The molecule has 0 aromatic heterocycles. The fourth-order valence-corrected chi connectivity index (χ4v) is 4.75. The molecular weight excluding hydrogens is 276 g/mol. The summed E-state index contributed by atoms with van der Waals surface area (Å²) in [7, 11) is 0. The Balaban J connectivity index is 2.01. The summed E-state index contributed by atoms with van der Waals surface area (Å²) in [5.74, 6) is 0.135. The molecule has 3 aliphatic rings.